The first kappa shape index (κ1) is 19.5. The molecule has 3 aliphatic rings. The van der Waals surface area contributed by atoms with E-state index in [0.29, 0.717) is 13.0 Å². The molecule has 3 heterocycles. The van der Waals surface area contributed by atoms with Crippen molar-refractivity contribution in [2.24, 2.45) is 5.92 Å². The van der Waals surface area contributed by atoms with Gasteiger partial charge in [0, 0.05) is 6.54 Å². The van der Waals surface area contributed by atoms with Crippen molar-refractivity contribution in [2.45, 2.75) is 57.0 Å². The molecule has 4 amide bonds. The summed E-state index contributed by atoms with van der Waals surface area (Å²) in [5.74, 6) is -0.324. The fourth-order valence-electron chi connectivity index (χ4n) is 5.22. The maximum Gasteiger partial charge on any atom is 0.325 e. The minimum Gasteiger partial charge on any atom is -0.332 e. The van der Waals surface area contributed by atoms with Crippen molar-refractivity contribution in [3.8, 4) is 0 Å². The monoisotopic (exact) mass is 426 g/mol. The number of nitrogens with one attached hydrogen (secondary N) is 1. The summed E-state index contributed by atoms with van der Waals surface area (Å²) in [6, 6.07) is 7.45. The molecule has 1 N–H and O–H groups in total. The second kappa shape index (κ2) is 7.34. The number of aromatic nitrogens is 1. The van der Waals surface area contributed by atoms with E-state index in [1.54, 1.807) is 16.2 Å². The third-order valence-corrected chi connectivity index (χ3v) is 8.10. The van der Waals surface area contributed by atoms with E-state index in [4.69, 9.17) is 4.98 Å². The van der Waals surface area contributed by atoms with Gasteiger partial charge < -0.3 is 10.2 Å². The summed E-state index contributed by atoms with van der Waals surface area (Å²) in [6.45, 7) is 2.46. The summed E-state index contributed by atoms with van der Waals surface area (Å²) >= 11 is 1.61. The molecule has 1 saturated carbocycles. The Kier molecular flexibility index (Phi) is 4.76. The third-order valence-electron chi connectivity index (χ3n) is 6.96. The zero-order valence-electron chi connectivity index (χ0n) is 17.1. The number of thiazole rings is 1. The second-order valence-electron chi connectivity index (χ2n) is 8.70. The van der Waals surface area contributed by atoms with Gasteiger partial charge in [-0.1, -0.05) is 31.9 Å². The van der Waals surface area contributed by atoms with Gasteiger partial charge in [0.25, 0.3) is 5.91 Å². The number of carbonyl (C=O) groups is 3. The lowest BCUT2D eigenvalue weighted by atomic mass is 9.73. The van der Waals surface area contributed by atoms with E-state index >= 15 is 0 Å². The van der Waals surface area contributed by atoms with E-state index in [0.717, 1.165) is 52.2 Å². The highest BCUT2D eigenvalue weighted by Gasteiger charge is 2.55. The summed E-state index contributed by atoms with van der Waals surface area (Å²) in [5, 5.41) is 3.86. The van der Waals surface area contributed by atoms with Crippen LogP contribution in [0.3, 0.4) is 0 Å². The number of imide groups is 1. The van der Waals surface area contributed by atoms with E-state index in [1.807, 2.05) is 31.2 Å². The summed E-state index contributed by atoms with van der Waals surface area (Å²) in [4.78, 5) is 46.7. The van der Waals surface area contributed by atoms with Gasteiger partial charge in [-0.3, -0.25) is 14.5 Å². The van der Waals surface area contributed by atoms with E-state index in [9.17, 15) is 14.4 Å². The van der Waals surface area contributed by atoms with Gasteiger partial charge in [0.05, 0.1) is 16.3 Å². The molecule has 3 fully saturated rings. The first-order valence-electron chi connectivity index (χ1n) is 10.8. The maximum absolute atomic E-state index is 13.2. The van der Waals surface area contributed by atoms with Crippen LogP contribution < -0.4 is 5.32 Å². The molecule has 2 aromatic rings. The molecular formula is C22H26N4O3S. The lowest BCUT2D eigenvalue weighted by Gasteiger charge is -2.36. The topological polar surface area (TPSA) is 82.6 Å². The molecule has 158 valence electrons. The molecule has 0 bridgehead atoms. The number of hydrogen-bond acceptors (Lipinski definition) is 5. The zero-order chi connectivity index (χ0) is 20.9. The van der Waals surface area contributed by atoms with Gasteiger partial charge in [-0.25, -0.2) is 9.78 Å². The van der Waals surface area contributed by atoms with Crippen molar-refractivity contribution < 1.29 is 14.4 Å². The number of likely N-dealkylation sites (tertiary alicyclic amines) is 1. The highest BCUT2D eigenvalue weighted by atomic mass is 32.1. The summed E-state index contributed by atoms with van der Waals surface area (Å²) in [6.07, 6.45) is 5.31. The van der Waals surface area contributed by atoms with Crippen LogP contribution in [0.25, 0.3) is 10.2 Å². The molecule has 0 radical (unpaired) electrons. The van der Waals surface area contributed by atoms with Crippen molar-refractivity contribution >= 4 is 39.4 Å². The van der Waals surface area contributed by atoms with Gasteiger partial charge in [-0.2, -0.15) is 0 Å². The molecule has 0 unspecified atom stereocenters. The second-order valence-corrected chi connectivity index (χ2v) is 9.77. The average Bonchev–Trinajstić information content (AvgIpc) is 3.43. The number of urea groups is 1. The van der Waals surface area contributed by atoms with Gasteiger partial charge in [0.1, 0.15) is 17.1 Å². The first-order chi connectivity index (χ1) is 14.5. The van der Waals surface area contributed by atoms with Crippen LogP contribution in [0, 0.1) is 5.92 Å². The minimum atomic E-state index is -0.826. The van der Waals surface area contributed by atoms with E-state index < -0.39 is 11.6 Å². The Morgan fingerprint density at radius 3 is 2.87 bits per heavy atom. The van der Waals surface area contributed by atoms with Crippen molar-refractivity contribution in [3.63, 3.8) is 0 Å². The Morgan fingerprint density at radius 1 is 1.23 bits per heavy atom. The summed E-state index contributed by atoms with van der Waals surface area (Å²) in [7, 11) is 0. The Morgan fingerprint density at radius 2 is 2.07 bits per heavy atom. The van der Waals surface area contributed by atoms with Crippen molar-refractivity contribution in [1.82, 2.24) is 20.1 Å². The van der Waals surface area contributed by atoms with Crippen LogP contribution in [-0.2, 0) is 9.59 Å². The molecule has 1 aromatic heterocycles. The van der Waals surface area contributed by atoms with Crippen LogP contribution in [0.5, 0.6) is 0 Å². The third kappa shape index (κ3) is 3.00. The van der Waals surface area contributed by atoms with Gasteiger partial charge >= 0.3 is 6.03 Å². The van der Waals surface area contributed by atoms with E-state index in [1.165, 1.54) is 0 Å². The number of nitrogens with zero attached hydrogens (tertiary/aromatic N) is 3. The van der Waals surface area contributed by atoms with Gasteiger partial charge in [-0.05, 0) is 43.7 Å². The van der Waals surface area contributed by atoms with Crippen LogP contribution in [-0.4, -0.2) is 51.3 Å². The molecule has 1 spiro atoms. The number of hydrogen-bond donors (Lipinski definition) is 1. The first-order valence-corrected chi connectivity index (χ1v) is 11.6. The zero-order valence-corrected chi connectivity index (χ0v) is 17.9. The van der Waals surface area contributed by atoms with E-state index in [2.05, 4.69) is 5.32 Å². The van der Waals surface area contributed by atoms with Crippen molar-refractivity contribution in [2.75, 3.05) is 13.1 Å². The van der Waals surface area contributed by atoms with E-state index in [-0.39, 0.29) is 30.3 Å². The lowest BCUT2D eigenvalue weighted by Crippen LogP contribution is -2.54. The highest BCUT2D eigenvalue weighted by molar-refractivity contribution is 7.18. The predicted molar refractivity (Wildman–Crippen MR) is 114 cm³/mol. The van der Waals surface area contributed by atoms with Crippen LogP contribution in [0.1, 0.15) is 56.5 Å². The summed E-state index contributed by atoms with van der Waals surface area (Å²) in [5.41, 5.74) is 0.117. The van der Waals surface area contributed by atoms with Crippen LogP contribution >= 0.6 is 11.3 Å². The largest absolute Gasteiger partial charge is 0.332 e. The van der Waals surface area contributed by atoms with Crippen LogP contribution in [0.15, 0.2) is 24.3 Å². The smallest absolute Gasteiger partial charge is 0.325 e. The maximum atomic E-state index is 13.2. The number of amides is 4. The van der Waals surface area contributed by atoms with Crippen molar-refractivity contribution in [1.29, 1.82) is 0 Å². The molecule has 2 aliphatic heterocycles. The number of carbonyl (C=O) groups excluding carboxylic acids is 3. The van der Waals surface area contributed by atoms with Gasteiger partial charge in [-0.15, -0.1) is 11.3 Å². The lowest BCUT2D eigenvalue weighted by molar-refractivity contribution is -0.141. The van der Waals surface area contributed by atoms with Crippen LogP contribution in [0.4, 0.5) is 4.79 Å². The minimum absolute atomic E-state index is 0.0850. The quantitative estimate of drug-likeness (QED) is 0.762. The molecule has 8 heteroatoms. The standard InChI is InChI=1S/C22H26N4O3S/c1-14-7-4-5-11-22(14)20(28)26(21(29)24-22)13-18(27)25-12-6-9-16(25)19-23-15-8-2-3-10-17(15)30-19/h2-3,8,10,14,16H,4-7,9,11-13H2,1H3,(H,24,29)/t14-,16+,22+/m1/s1. The van der Waals surface area contributed by atoms with Gasteiger partial charge in [0.15, 0.2) is 0 Å². The number of fused-ring (bicyclic) bond motifs is 1. The molecule has 2 saturated heterocycles. The molecule has 3 atom stereocenters. The molecular weight excluding hydrogens is 400 g/mol. The number of rotatable bonds is 3. The molecule has 30 heavy (non-hydrogen) atoms. The highest BCUT2D eigenvalue weighted by Crippen LogP contribution is 2.39. The fourth-order valence-corrected chi connectivity index (χ4v) is 6.33. The predicted octanol–water partition coefficient (Wildman–Crippen LogP) is 3.46. The molecule has 5 rings (SSSR count). The molecule has 1 aromatic carbocycles. The number of para-hydroxylation sites is 1. The Bertz CT molecular complexity index is 988. The average molecular weight is 427 g/mol. The summed E-state index contributed by atoms with van der Waals surface area (Å²) < 4.78 is 1.11. The Balaban J connectivity index is 1.34. The van der Waals surface area contributed by atoms with Gasteiger partial charge in [0.2, 0.25) is 5.91 Å². The Hall–Kier alpha value is -2.48. The fraction of sp³-hybridized carbons (Fsp3) is 0.545. The molecule has 7 nitrogen and oxygen atoms in total. The Labute approximate surface area is 179 Å². The van der Waals surface area contributed by atoms with Crippen LogP contribution in [0.2, 0.25) is 0 Å². The molecule has 1 aliphatic carbocycles. The van der Waals surface area contributed by atoms with Crippen molar-refractivity contribution in [3.05, 3.63) is 29.3 Å². The number of benzene rings is 1. The SMILES string of the molecule is C[C@@H]1CCCC[C@]12NC(=O)N(CC(=O)N1CCC[C@H]1c1nc3ccccc3s1)C2=O. The normalized spacial score (nSPS) is 29.2.